The second-order valence-corrected chi connectivity index (χ2v) is 20.2. The van der Waals surface area contributed by atoms with Crippen molar-refractivity contribution in [2.75, 3.05) is 13.2 Å². The van der Waals surface area contributed by atoms with Crippen LogP contribution in [0.3, 0.4) is 0 Å². The van der Waals surface area contributed by atoms with Crippen molar-refractivity contribution in [1.29, 1.82) is 0 Å². The van der Waals surface area contributed by atoms with Crippen molar-refractivity contribution >= 4 is 17.9 Å². The van der Waals surface area contributed by atoms with Gasteiger partial charge in [-0.25, -0.2) is 0 Å². The van der Waals surface area contributed by atoms with Crippen molar-refractivity contribution in [3.8, 4) is 0 Å². The molecule has 0 aromatic carbocycles. The Bertz CT molecular complexity index is 1440. The first-order chi connectivity index (χ1) is 36.0. The molecule has 73 heavy (non-hydrogen) atoms. The SMILES string of the molecule is CCCCC/C=C\C/C=C\C/C=C\C/C=C\CCCCCC(=O)OC[C@@H](COC(=O)CCCCCC/C=C\C/C=C\C/C=C\CCCCC)OC(=O)CCCCCCCCCCC/C=C\CCCCCCCC. The molecular weight excluding hydrogens is 901 g/mol. The predicted octanol–water partition coefficient (Wildman–Crippen LogP) is 20.9. The number of hydrogen-bond acceptors (Lipinski definition) is 6. The van der Waals surface area contributed by atoms with Crippen molar-refractivity contribution in [3.05, 3.63) is 97.2 Å². The lowest BCUT2D eigenvalue weighted by Crippen LogP contribution is -2.30. The molecule has 0 aromatic heterocycles. The Labute approximate surface area is 451 Å². The summed E-state index contributed by atoms with van der Waals surface area (Å²) in [6.45, 7) is 6.55. The smallest absolute Gasteiger partial charge is 0.306 e. The Morgan fingerprint density at radius 3 is 0.822 bits per heavy atom. The Kier molecular flexibility index (Phi) is 57.8. The minimum atomic E-state index is -0.803. The molecule has 0 spiro atoms. The highest BCUT2D eigenvalue weighted by Gasteiger charge is 2.19. The van der Waals surface area contributed by atoms with E-state index in [1.54, 1.807) is 0 Å². The van der Waals surface area contributed by atoms with Crippen LogP contribution in [0.25, 0.3) is 0 Å². The molecular formula is C67H114O6. The Morgan fingerprint density at radius 2 is 0.493 bits per heavy atom. The second-order valence-electron chi connectivity index (χ2n) is 20.2. The average Bonchev–Trinajstić information content (AvgIpc) is 3.39. The molecule has 0 rings (SSSR count). The van der Waals surface area contributed by atoms with Gasteiger partial charge in [0, 0.05) is 19.3 Å². The zero-order valence-corrected chi connectivity index (χ0v) is 47.9. The first-order valence-corrected chi connectivity index (χ1v) is 30.7. The van der Waals surface area contributed by atoms with Gasteiger partial charge in [-0.3, -0.25) is 14.4 Å². The first-order valence-electron chi connectivity index (χ1n) is 30.7. The lowest BCUT2D eigenvalue weighted by Gasteiger charge is -2.18. The largest absolute Gasteiger partial charge is 0.462 e. The fourth-order valence-electron chi connectivity index (χ4n) is 8.37. The van der Waals surface area contributed by atoms with E-state index in [4.69, 9.17) is 14.2 Å². The summed E-state index contributed by atoms with van der Waals surface area (Å²) in [6, 6.07) is 0. The van der Waals surface area contributed by atoms with Crippen LogP contribution in [0.4, 0.5) is 0 Å². The molecule has 0 heterocycles. The van der Waals surface area contributed by atoms with Gasteiger partial charge in [0.15, 0.2) is 6.10 Å². The van der Waals surface area contributed by atoms with Crippen LogP contribution in [0.2, 0.25) is 0 Å². The fraction of sp³-hybridized carbons (Fsp3) is 0.716. The molecule has 0 bridgehead atoms. The zero-order valence-electron chi connectivity index (χ0n) is 47.9. The van der Waals surface area contributed by atoms with Gasteiger partial charge in [-0.2, -0.15) is 0 Å². The summed E-state index contributed by atoms with van der Waals surface area (Å²) in [5.41, 5.74) is 0. The number of allylic oxidation sites excluding steroid dienone is 16. The summed E-state index contributed by atoms with van der Waals surface area (Å²) in [6.07, 6.45) is 81.1. The summed E-state index contributed by atoms with van der Waals surface area (Å²) in [5.74, 6) is -0.946. The van der Waals surface area contributed by atoms with Gasteiger partial charge >= 0.3 is 17.9 Å². The summed E-state index contributed by atoms with van der Waals surface area (Å²) in [5, 5.41) is 0. The van der Waals surface area contributed by atoms with E-state index in [-0.39, 0.29) is 31.1 Å². The van der Waals surface area contributed by atoms with Crippen molar-refractivity contribution in [2.24, 2.45) is 0 Å². The maximum atomic E-state index is 12.9. The van der Waals surface area contributed by atoms with Crippen LogP contribution < -0.4 is 0 Å². The van der Waals surface area contributed by atoms with E-state index in [1.165, 1.54) is 141 Å². The number of ether oxygens (including phenoxy) is 3. The zero-order chi connectivity index (χ0) is 52.9. The minimum absolute atomic E-state index is 0.100. The number of esters is 3. The molecule has 6 heteroatoms. The summed E-state index contributed by atoms with van der Waals surface area (Å²) < 4.78 is 16.9. The van der Waals surface area contributed by atoms with E-state index in [0.717, 1.165) is 109 Å². The topological polar surface area (TPSA) is 78.9 Å². The molecule has 1 atom stereocenters. The minimum Gasteiger partial charge on any atom is -0.462 e. The molecule has 0 aromatic rings. The van der Waals surface area contributed by atoms with Crippen molar-refractivity contribution in [2.45, 2.75) is 297 Å². The first kappa shape index (κ1) is 69.3. The Morgan fingerprint density at radius 1 is 0.274 bits per heavy atom. The van der Waals surface area contributed by atoms with Crippen LogP contribution in [0, 0.1) is 0 Å². The number of carbonyl (C=O) groups excluding carboxylic acids is 3. The quantitative estimate of drug-likeness (QED) is 0.0261. The number of rotatable bonds is 55. The van der Waals surface area contributed by atoms with Gasteiger partial charge in [-0.15, -0.1) is 0 Å². The Balaban J connectivity index is 4.48. The lowest BCUT2D eigenvalue weighted by atomic mass is 10.1. The third-order valence-electron chi connectivity index (χ3n) is 13.0. The van der Waals surface area contributed by atoms with Gasteiger partial charge in [0.1, 0.15) is 13.2 Å². The molecule has 0 aliphatic carbocycles. The monoisotopic (exact) mass is 1010 g/mol. The predicted molar refractivity (Wildman–Crippen MR) is 316 cm³/mol. The van der Waals surface area contributed by atoms with Crippen LogP contribution in [0.1, 0.15) is 290 Å². The van der Waals surface area contributed by atoms with Gasteiger partial charge in [0.05, 0.1) is 0 Å². The molecule has 0 aliphatic heterocycles. The molecule has 0 unspecified atom stereocenters. The molecule has 0 radical (unpaired) electrons. The number of unbranched alkanes of at least 4 members (excludes halogenated alkanes) is 28. The van der Waals surface area contributed by atoms with Crippen molar-refractivity contribution in [3.63, 3.8) is 0 Å². The summed E-state index contributed by atoms with van der Waals surface area (Å²) in [7, 11) is 0. The van der Waals surface area contributed by atoms with Gasteiger partial charge in [0.25, 0.3) is 0 Å². The fourth-order valence-corrected chi connectivity index (χ4v) is 8.37. The van der Waals surface area contributed by atoms with E-state index in [1.807, 2.05) is 0 Å². The molecule has 6 nitrogen and oxygen atoms in total. The molecule has 418 valence electrons. The number of hydrogen-bond donors (Lipinski definition) is 0. The summed E-state index contributed by atoms with van der Waals surface area (Å²) in [4.78, 5) is 38.3. The van der Waals surface area contributed by atoms with Crippen LogP contribution in [0.5, 0.6) is 0 Å². The molecule has 0 saturated carbocycles. The molecule has 0 fully saturated rings. The van der Waals surface area contributed by atoms with E-state index >= 15 is 0 Å². The number of carbonyl (C=O) groups is 3. The maximum absolute atomic E-state index is 12.9. The third kappa shape index (κ3) is 59.1. The van der Waals surface area contributed by atoms with Crippen molar-refractivity contribution in [1.82, 2.24) is 0 Å². The molecule has 0 N–H and O–H groups in total. The van der Waals surface area contributed by atoms with Crippen LogP contribution in [-0.2, 0) is 28.6 Å². The van der Waals surface area contributed by atoms with Crippen LogP contribution >= 0.6 is 0 Å². The average molecular weight is 1020 g/mol. The standard InChI is InChI=1S/C67H114O6/c1-4-7-10-13-16-19-22-25-28-31-33-36-39-42-45-48-51-54-57-60-66(69)72-63-64(62-71-65(68)59-56-53-50-47-44-41-38-35-30-27-24-21-18-15-12-9-6-3)73-67(70)61-58-55-52-49-46-43-40-37-34-32-29-26-23-20-17-14-11-8-5-2/h16,18-19,21,25-30,33,36,38,41-42,45,64H,4-15,17,20,22-24,31-32,34-35,37,39-40,43-44,46-63H2,1-3H3/b19-16-,21-18-,28-25-,29-26-,30-27-,36-33-,41-38-,45-42-/t64-/m1/s1. The highest BCUT2D eigenvalue weighted by atomic mass is 16.6. The van der Waals surface area contributed by atoms with Crippen molar-refractivity contribution < 1.29 is 28.6 Å². The van der Waals surface area contributed by atoms with Gasteiger partial charge in [-0.05, 0) is 128 Å². The second kappa shape index (κ2) is 60.9. The van der Waals surface area contributed by atoms with E-state index < -0.39 is 6.10 Å². The van der Waals surface area contributed by atoms with Gasteiger partial charge < -0.3 is 14.2 Å². The van der Waals surface area contributed by atoms with E-state index in [2.05, 4.69) is 118 Å². The Hall–Kier alpha value is -3.67. The van der Waals surface area contributed by atoms with Crippen LogP contribution in [0.15, 0.2) is 97.2 Å². The van der Waals surface area contributed by atoms with E-state index in [0.29, 0.717) is 19.3 Å². The highest BCUT2D eigenvalue weighted by molar-refractivity contribution is 5.71. The molecule has 0 amide bonds. The third-order valence-corrected chi connectivity index (χ3v) is 13.0. The highest BCUT2D eigenvalue weighted by Crippen LogP contribution is 2.15. The molecule has 0 aliphatic rings. The van der Waals surface area contributed by atoms with Gasteiger partial charge in [0.2, 0.25) is 0 Å². The normalized spacial score (nSPS) is 12.8. The maximum Gasteiger partial charge on any atom is 0.306 e. The van der Waals surface area contributed by atoms with Crippen LogP contribution in [-0.4, -0.2) is 37.2 Å². The summed E-state index contributed by atoms with van der Waals surface area (Å²) >= 11 is 0. The van der Waals surface area contributed by atoms with Gasteiger partial charge in [-0.1, -0.05) is 240 Å². The van der Waals surface area contributed by atoms with E-state index in [9.17, 15) is 14.4 Å². The lowest BCUT2D eigenvalue weighted by molar-refractivity contribution is -0.167. The molecule has 0 saturated heterocycles.